The molecule has 3 aromatic rings. The summed E-state index contributed by atoms with van der Waals surface area (Å²) in [4.78, 5) is 41.6. The second-order valence-electron chi connectivity index (χ2n) is 6.62. The van der Waals surface area contributed by atoms with Gasteiger partial charge < -0.3 is 24.5 Å². The first kappa shape index (κ1) is 20.1. The van der Waals surface area contributed by atoms with Crippen LogP contribution in [-0.2, 0) is 14.3 Å². The van der Waals surface area contributed by atoms with Gasteiger partial charge in [0.15, 0.2) is 0 Å². The number of carbonyl (C=O) groups excluding carboxylic acids is 3. The maximum atomic E-state index is 12.6. The van der Waals surface area contributed by atoms with Gasteiger partial charge in [0.25, 0.3) is 0 Å². The smallest absolute Gasteiger partial charge is 0.357 e. The molecule has 1 unspecified atom stereocenters. The number of urea groups is 1. The summed E-state index contributed by atoms with van der Waals surface area (Å²) in [5.74, 6) is -1.01. The van der Waals surface area contributed by atoms with E-state index in [4.69, 9.17) is 13.9 Å². The Morgan fingerprint density at radius 1 is 1.06 bits per heavy atom. The molecular formula is C22H19N3O6. The van der Waals surface area contributed by atoms with Crippen molar-refractivity contribution in [3.05, 3.63) is 77.5 Å². The molecule has 1 aliphatic heterocycles. The van der Waals surface area contributed by atoms with Gasteiger partial charge in [0.2, 0.25) is 0 Å². The largest absolute Gasteiger partial charge is 0.467 e. The van der Waals surface area contributed by atoms with Gasteiger partial charge in [-0.1, -0.05) is 24.3 Å². The fourth-order valence-corrected chi connectivity index (χ4v) is 3.24. The van der Waals surface area contributed by atoms with Crippen LogP contribution in [0.3, 0.4) is 0 Å². The van der Waals surface area contributed by atoms with Crippen molar-refractivity contribution in [2.24, 2.45) is 0 Å². The lowest BCUT2D eigenvalue weighted by atomic mass is 10.0. The third-order valence-electron chi connectivity index (χ3n) is 4.63. The molecule has 9 heteroatoms. The maximum absolute atomic E-state index is 12.6. The van der Waals surface area contributed by atoms with E-state index in [-0.39, 0.29) is 30.2 Å². The standard InChI is InChI=1S/C22H19N3O6/c1-2-29-21(27)18-16(24-22(28)25-19(18)17-8-5-11-30-17)12-31-20(26)15-10-9-13-6-3-4-7-14(13)23-15/h3-11,19H,2,12H2,1H3,(H2,24,25,28). The van der Waals surface area contributed by atoms with E-state index >= 15 is 0 Å². The van der Waals surface area contributed by atoms with Gasteiger partial charge in [0.1, 0.15) is 24.1 Å². The van der Waals surface area contributed by atoms with Crippen LogP contribution in [0.1, 0.15) is 29.2 Å². The summed E-state index contributed by atoms with van der Waals surface area (Å²) >= 11 is 0. The minimum Gasteiger partial charge on any atom is -0.467 e. The first-order valence-electron chi connectivity index (χ1n) is 9.61. The zero-order valence-corrected chi connectivity index (χ0v) is 16.6. The number of nitrogens with zero attached hydrogens (tertiary/aromatic N) is 1. The number of para-hydroxylation sites is 1. The van der Waals surface area contributed by atoms with Gasteiger partial charge in [-0.3, -0.25) is 0 Å². The molecule has 1 atom stereocenters. The number of aromatic nitrogens is 1. The van der Waals surface area contributed by atoms with Crippen molar-refractivity contribution in [3.8, 4) is 0 Å². The summed E-state index contributed by atoms with van der Waals surface area (Å²) in [6.07, 6.45) is 1.43. The van der Waals surface area contributed by atoms with E-state index in [1.165, 1.54) is 6.26 Å². The number of furan rings is 1. The van der Waals surface area contributed by atoms with Crippen LogP contribution >= 0.6 is 0 Å². The predicted molar refractivity (Wildman–Crippen MR) is 109 cm³/mol. The van der Waals surface area contributed by atoms with Crippen LogP contribution in [-0.4, -0.2) is 36.2 Å². The third kappa shape index (κ3) is 4.25. The summed E-state index contributed by atoms with van der Waals surface area (Å²) < 4.78 is 15.8. The Morgan fingerprint density at radius 3 is 2.68 bits per heavy atom. The molecule has 0 radical (unpaired) electrons. The number of amides is 2. The average Bonchev–Trinajstić information content (AvgIpc) is 3.31. The van der Waals surface area contributed by atoms with Crippen molar-refractivity contribution in [1.29, 1.82) is 0 Å². The van der Waals surface area contributed by atoms with Gasteiger partial charge in [-0.05, 0) is 31.2 Å². The van der Waals surface area contributed by atoms with Crippen LogP contribution < -0.4 is 10.6 Å². The quantitative estimate of drug-likeness (QED) is 0.587. The summed E-state index contributed by atoms with van der Waals surface area (Å²) in [5, 5.41) is 6.03. The van der Waals surface area contributed by atoms with Crippen molar-refractivity contribution in [2.75, 3.05) is 13.2 Å². The van der Waals surface area contributed by atoms with Crippen LogP contribution in [0.25, 0.3) is 10.9 Å². The molecule has 2 N–H and O–H groups in total. The molecule has 0 bridgehead atoms. The van der Waals surface area contributed by atoms with E-state index in [1.807, 2.05) is 18.2 Å². The molecule has 2 aromatic heterocycles. The molecule has 0 spiro atoms. The first-order chi connectivity index (χ1) is 15.1. The van der Waals surface area contributed by atoms with Crippen LogP contribution in [0.4, 0.5) is 4.79 Å². The molecule has 1 aromatic carbocycles. The van der Waals surface area contributed by atoms with E-state index in [2.05, 4.69) is 15.6 Å². The number of benzene rings is 1. The lowest BCUT2D eigenvalue weighted by Gasteiger charge is -2.27. The average molecular weight is 421 g/mol. The highest BCUT2D eigenvalue weighted by Crippen LogP contribution is 2.28. The van der Waals surface area contributed by atoms with Gasteiger partial charge in [-0.25, -0.2) is 19.4 Å². The zero-order valence-electron chi connectivity index (χ0n) is 16.6. The van der Waals surface area contributed by atoms with Gasteiger partial charge in [0.05, 0.1) is 29.7 Å². The van der Waals surface area contributed by atoms with Crippen LogP contribution in [0.2, 0.25) is 0 Å². The molecule has 1 aliphatic rings. The topological polar surface area (TPSA) is 120 Å². The van der Waals surface area contributed by atoms with Crippen molar-refractivity contribution in [1.82, 2.24) is 15.6 Å². The number of nitrogens with one attached hydrogen (secondary N) is 2. The van der Waals surface area contributed by atoms with Crippen molar-refractivity contribution in [3.63, 3.8) is 0 Å². The number of hydrogen-bond acceptors (Lipinski definition) is 7. The van der Waals surface area contributed by atoms with Crippen molar-refractivity contribution < 1.29 is 28.3 Å². The van der Waals surface area contributed by atoms with E-state index in [0.29, 0.717) is 11.3 Å². The molecule has 0 saturated heterocycles. The normalized spacial score (nSPS) is 15.9. The Balaban J connectivity index is 1.60. The molecule has 31 heavy (non-hydrogen) atoms. The molecule has 158 valence electrons. The summed E-state index contributed by atoms with van der Waals surface area (Å²) in [6.45, 7) is 1.45. The monoisotopic (exact) mass is 421 g/mol. The number of rotatable bonds is 6. The molecule has 0 aliphatic carbocycles. The number of ether oxygens (including phenoxy) is 2. The van der Waals surface area contributed by atoms with Gasteiger partial charge in [0, 0.05) is 5.39 Å². The summed E-state index contributed by atoms with van der Waals surface area (Å²) in [7, 11) is 0. The number of carbonyl (C=O) groups is 3. The SMILES string of the molecule is CCOC(=O)C1=C(COC(=O)c2ccc3ccccc3n2)NC(=O)NC1c1ccco1. The lowest BCUT2D eigenvalue weighted by molar-refractivity contribution is -0.139. The Hall–Kier alpha value is -4.14. The molecular weight excluding hydrogens is 402 g/mol. The number of hydrogen-bond donors (Lipinski definition) is 2. The van der Waals surface area contributed by atoms with Crippen LogP contribution in [0, 0.1) is 0 Å². The number of pyridine rings is 1. The van der Waals surface area contributed by atoms with Crippen LogP contribution in [0.15, 0.2) is 70.5 Å². The van der Waals surface area contributed by atoms with E-state index in [0.717, 1.165) is 5.39 Å². The fourth-order valence-electron chi connectivity index (χ4n) is 3.24. The van der Waals surface area contributed by atoms with Crippen molar-refractivity contribution >= 4 is 28.9 Å². The van der Waals surface area contributed by atoms with Gasteiger partial charge >= 0.3 is 18.0 Å². The highest BCUT2D eigenvalue weighted by molar-refractivity contribution is 5.95. The highest BCUT2D eigenvalue weighted by Gasteiger charge is 2.35. The number of fused-ring (bicyclic) bond motifs is 1. The second kappa shape index (κ2) is 8.70. The zero-order chi connectivity index (χ0) is 21.8. The van der Waals surface area contributed by atoms with E-state index in [9.17, 15) is 14.4 Å². The maximum Gasteiger partial charge on any atom is 0.357 e. The van der Waals surface area contributed by atoms with Crippen LogP contribution in [0.5, 0.6) is 0 Å². The highest BCUT2D eigenvalue weighted by atomic mass is 16.5. The Morgan fingerprint density at radius 2 is 1.90 bits per heavy atom. The minimum atomic E-state index is -0.879. The molecule has 0 saturated carbocycles. The predicted octanol–water partition coefficient (Wildman–Crippen LogP) is 2.86. The Labute approximate surface area is 177 Å². The molecule has 0 fully saturated rings. The Bertz CT molecular complexity index is 1170. The third-order valence-corrected chi connectivity index (χ3v) is 4.63. The summed E-state index contributed by atoms with van der Waals surface area (Å²) in [5.41, 5.74) is 0.963. The second-order valence-corrected chi connectivity index (χ2v) is 6.62. The minimum absolute atomic E-state index is 0.0932. The number of esters is 2. The van der Waals surface area contributed by atoms with E-state index in [1.54, 1.807) is 37.3 Å². The Kier molecular flexibility index (Phi) is 5.65. The first-order valence-corrected chi connectivity index (χ1v) is 9.61. The lowest BCUT2D eigenvalue weighted by Crippen LogP contribution is -2.47. The van der Waals surface area contributed by atoms with E-state index < -0.39 is 24.0 Å². The molecule has 2 amide bonds. The molecule has 9 nitrogen and oxygen atoms in total. The summed E-state index contributed by atoms with van der Waals surface area (Å²) in [6, 6.07) is 12.5. The van der Waals surface area contributed by atoms with Gasteiger partial charge in [-0.15, -0.1) is 0 Å². The molecule has 4 rings (SSSR count). The molecule has 3 heterocycles. The van der Waals surface area contributed by atoms with Gasteiger partial charge in [-0.2, -0.15) is 0 Å². The van der Waals surface area contributed by atoms with Crippen molar-refractivity contribution in [2.45, 2.75) is 13.0 Å². The fraction of sp³-hybridized carbons (Fsp3) is 0.182.